The van der Waals surface area contributed by atoms with Gasteiger partial charge in [-0.15, -0.1) is 0 Å². The van der Waals surface area contributed by atoms with Crippen molar-refractivity contribution in [1.29, 1.82) is 5.41 Å². The maximum atomic E-state index is 14.0. The number of nitrogens with two attached hydrogens (primary N) is 1. The summed E-state index contributed by atoms with van der Waals surface area (Å²) in [7, 11) is 1.61. The van der Waals surface area contributed by atoms with Crippen molar-refractivity contribution in [3.05, 3.63) is 64.2 Å². The average Bonchev–Trinajstić information content (AvgIpc) is 3.25. The number of amidine groups is 1. The fourth-order valence-corrected chi connectivity index (χ4v) is 6.78. The number of benzene rings is 2. The van der Waals surface area contributed by atoms with Gasteiger partial charge in [0.15, 0.2) is 0 Å². The Morgan fingerprint density at radius 1 is 1.16 bits per heavy atom. The van der Waals surface area contributed by atoms with Crippen LogP contribution in [0.4, 0.5) is 0 Å². The highest BCUT2D eigenvalue weighted by Gasteiger charge is 2.40. The van der Waals surface area contributed by atoms with Gasteiger partial charge in [-0.05, 0) is 72.9 Å². The van der Waals surface area contributed by atoms with Gasteiger partial charge in [-0.2, -0.15) is 0 Å². The third-order valence-electron chi connectivity index (χ3n) is 9.69. The molecule has 8 heteroatoms. The van der Waals surface area contributed by atoms with Gasteiger partial charge in [-0.25, -0.2) is 0 Å². The summed E-state index contributed by atoms with van der Waals surface area (Å²) in [6.45, 7) is 8.73. The molecule has 234 valence electrons. The normalized spacial score (nSPS) is 22.2. The number of amides is 2. The van der Waals surface area contributed by atoms with Gasteiger partial charge < -0.3 is 20.3 Å². The average molecular weight is 592 g/mol. The van der Waals surface area contributed by atoms with Gasteiger partial charge in [0.05, 0.1) is 31.2 Å². The number of ether oxygens (including phenoxy) is 2. The van der Waals surface area contributed by atoms with E-state index in [1.165, 1.54) is 16.7 Å². The zero-order valence-electron chi connectivity index (χ0n) is 26.4. The van der Waals surface area contributed by atoms with E-state index in [9.17, 15) is 14.7 Å². The summed E-state index contributed by atoms with van der Waals surface area (Å²) < 4.78 is 11.5. The summed E-state index contributed by atoms with van der Waals surface area (Å²) >= 11 is 0. The molecule has 8 nitrogen and oxygen atoms in total. The third kappa shape index (κ3) is 7.47. The molecule has 0 fully saturated rings. The van der Waals surface area contributed by atoms with Gasteiger partial charge >= 0.3 is 0 Å². The Kier molecular flexibility index (Phi) is 10.7. The standard InChI is InChI=1S/C35H49N3O5/c1-6-35(4,15-9-7-8-10-24-11-12-25-18-30(39)22(2)28(25)16-24)19-32(40)38(23(3)36)33-27(20-42-5)21-43-31-14-13-26(34(37)41)17-29(31)33/h11-14,16-17,22,27,30,33,36,39H,6-10,15,18-21H2,1-5H3,(H2,37,41)/t22-,27-,30-,33-,35?/m1/s1. The van der Waals surface area contributed by atoms with E-state index in [0.717, 1.165) is 44.9 Å². The number of aliphatic hydroxyl groups is 1. The number of fused-ring (bicyclic) bond motifs is 2. The summed E-state index contributed by atoms with van der Waals surface area (Å²) in [5, 5.41) is 18.8. The zero-order valence-corrected chi connectivity index (χ0v) is 26.4. The van der Waals surface area contributed by atoms with Crippen LogP contribution in [-0.4, -0.2) is 54.1 Å². The summed E-state index contributed by atoms with van der Waals surface area (Å²) in [6, 6.07) is 11.2. The number of nitrogens with zero attached hydrogens (tertiary/aromatic N) is 1. The molecule has 1 aliphatic carbocycles. The predicted octanol–water partition coefficient (Wildman–Crippen LogP) is 5.94. The van der Waals surface area contributed by atoms with Gasteiger partial charge in [0.25, 0.3) is 0 Å². The van der Waals surface area contributed by atoms with Gasteiger partial charge in [-0.3, -0.25) is 19.9 Å². The number of nitrogens with one attached hydrogen (secondary N) is 1. The van der Waals surface area contributed by atoms with Crippen molar-refractivity contribution in [3.63, 3.8) is 0 Å². The van der Waals surface area contributed by atoms with Crippen LogP contribution in [0, 0.1) is 16.7 Å². The lowest BCUT2D eigenvalue weighted by Crippen LogP contribution is -2.47. The maximum Gasteiger partial charge on any atom is 0.248 e. The van der Waals surface area contributed by atoms with Gasteiger partial charge in [0.1, 0.15) is 5.75 Å². The lowest BCUT2D eigenvalue weighted by atomic mass is 9.78. The molecule has 0 saturated heterocycles. The van der Waals surface area contributed by atoms with Crippen LogP contribution in [0.2, 0.25) is 0 Å². The fourth-order valence-electron chi connectivity index (χ4n) is 6.78. The van der Waals surface area contributed by atoms with E-state index >= 15 is 0 Å². The monoisotopic (exact) mass is 591 g/mol. The van der Waals surface area contributed by atoms with Crippen molar-refractivity contribution in [2.75, 3.05) is 20.3 Å². The molecule has 1 aliphatic heterocycles. The van der Waals surface area contributed by atoms with Crippen LogP contribution in [0.5, 0.6) is 5.75 Å². The quantitative estimate of drug-likeness (QED) is 0.151. The molecule has 4 N–H and O–H groups in total. The van der Waals surface area contributed by atoms with Crippen LogP contribution in [0.25, 0.3) is 0 Å². The Labute approximate surface area is 256 Å². The second-order valence-electron chi connectivity index (χ2n) is 12.9. The lowest BCUT2D eigenvalue weighted by molar-refractivity contribution is -0.133. The highest BCUT2D eigenvalue weighted by molar-refractivity contribution is 5.97. The number of primary amides is 1. The SMILES string of the molecule is CCC(C)(CCCCCc1ccc2c(c1)[C@@H](C)[C@H](O)C2)CC(=O)N(C(C)=N)[C@H]1c2cc(C(N)=O)ccc2OC[C@H]1COC. The first-order valence-corrected chi connectivity index (χ1v) is 15.7. The van der Waals surface area contributed by atoms with E-state index in [0.29, 0.717) is 36.5 Å². The second-order valence-corrected chi connectivity index (χ2v) is 12.9. The second kappa shape index (κ2) is 14.0. The number of rotatable bonds is 13. The first kappa shape index (κ1) is 32.7. The van der Waals surface area contributed by atoms with Gasteiger partial charge in [0.2, 0.25) is 11.8 Å². The maximum absolute atomic E-state index is 14.0. The Morgan fingerprint density at radius 3 is 2.60 bits per heavy atom. The number of carbonyl (C=O) groups excluding carboxylic acids is 2. The highest BCUT2D eigenvalue weighted by atomic mass is 16.5. The van der Waals surface area contributed by atoms with E-state index in [-0.39, 0.29) is 35.1 Å². The molecule has 5 atom stereocenters. The summed E-state index contributed by atoms with van der Waals surface area (Å²) in [5.41, 5.74) is 10.3. The molecule has 1 unspecified atom stereocenters. The number of aliphatic hydroxyl groups excluding tert-OH is 1. The number of hydrogen-bond acceptors (Lipinski definition) is 6. The molecule has 0 bridgehead atoms. The van der Waals surface area contributed by atoms with Crippen molar-refractivity contribution in [1.82, 2.24) is 4.90 Å². The first-order valence-electron chi connectivity index (χ1n) is 15.7. The van der Waals surface area contributed by atoms with E-state index in [1.807, 2.05) is 0 Å². The minimum atomic E-state index is -0.553. The number of aryl methyl sites for hydroxylation is 1. The first-order chi connectivity index (χ1) is 20.5. The molecule has 43 heavy (non-hydrogen) atoms. The minimum Gasteiger partial charge on any atom is -0.493 e. The third-order valence-corrected chi connectivity index (χ3v) is 9.69. The smallest absolute Gasteiger partial charge is 0.248 e. The van der Waals surface area contributed by atoms with Crippen molar-refractivity contribution >= 4 is 17.6 Å². The van der Waals surface area contributed by atoms with Crippen molar-refractivity contribution in [2.45, 2.75) is 97.1 Å². The van der Waals surface area contributed by atoms with E-state index < -0.39 is 11.9 Å². The van der Waals surface area contributed by atoms with E-state index in [4.69, 9.17) is 20.6 Å². The Hall–Kier alpha value is -3.23. The van der Waals surface area contributed by atoms with Gasteiger partial charge in [0, 0.05) is 36.5 Å². The Balaban J connectivity index is 1.41. The molecule has 0 radical (unpaired) electrons. The Bertz CT molecular complexity index is 1330. The van der Waals surface area contributed by atoms with E-state index in [2.05, 4.69) is 39.0 Å². The number of unbranched alkanes of at least 4 members (excludes halogenated alkanes) is 2. The van der Waals surface area contributed by atoms with E-state index in [1.54, 1.807) is 37.1 Å². The molecule has 0 spiro atoms. The molecule has 4 rings (SSSR count). The zero-order chi connectivity index (χ0) is 31.3. The fraction of sp³-hybridized carbons (Fsp3) is 0.571. The summed E-state index contributed by atoms with van der Waals surface area (Å²) in [5.74, 6) is 0.0872. The van der Waals surface area contributed by atoms with Crippen molar-refractivity contribution in [2.24, 2.45) is 17.1 Å². The molecule has 2 aromatic carbocycles. The largest absolute Gasteiger partial charge is 0.493 e. The van der Waals surface area contributed by atoms with Crippen molar-refractivity contribution < 1.29 is 24.2 Å². The molecule has 2 amide bonds. The van der Waals surface area contributed by atoms with Crippen LogP contribution in [-0.2, 0) is 22.4 Å². The molecular formula is C35H49N3O5. The molecule has 2 aliphatic rings. The lowest BCUT2D eigenvalue weighted by Gasteiger charge is -2.41. The Morgan fingerprint density at radius 2 is 1.93 bits per heavy atom. The molecular weight excluding hydrogens is 542 g/mol. The molecule has 2 aromatic rings. The summed E-state index contributed by atoms with van der Waals surface area (Å²) in [6.07, 6.45) is 6.77. The van der Waals surface area contributed by atoms with Crippen LogP contribution in [0.15, 0.2) is 36.4 Å². The molecule has 0 aromatic heterocycles. The molecule has 1 heterocycles. The van der Waals surface area contributed by atoms with Crippen LogP contribution in [0.1, 0.15) is 111 Å². The van der Waals surface area contributed by atoms with Gasteiger partial charge in [-0.1, -0.05) is 58.2 Å². The van der Waals surface area contributed by atoms with Crippen LogP contribution >= 0.6 is 0 Å². The van der Waals surface area contributed by atoms with Crippen molar-refractivity contribution in [3.8, 4) is 5.75 Å². The number of hydrogen-bond donors (Lipinski definition) is 3. The summed E-state index contributed by atoms with van der Waals surface area (Å²) in [4.78, 5) is 27.6. The topological polar surface area (TPSA) is 126 Å². The number of methoxy groups -OCH3 is 1. The van der Waals surface area contributed by atoms with Crippen LogP contribution < -0.4 is 10.5 Å². The van der Waals surface area contributed by atoms with Crippen LogP contribution in [0.3, 0.4) is 0 Å². The molecule has 0 saturated carbocycles. The predicted molar refractivity (Wildman–Crippen MR) is 169 cm³/mol. The highest BCUT2D eigenvalue weighted by Crippen LogP contribution is 2.42. The minimum absolute atomic E-state index is 0.102. The number of carbonyl (C=O) groups is 2.